The van der Waals surface area contributed by atoms with E-state index in [1.54, 1.807) is 17.5 Å². The molecule has 0 saturated heterocycles. The molecule has 98 valence electrons. The Morgan fingerprint density at radius 1 is 1.32 bits per heavy atom. The number of thiazole rings is 1. The summed E-state index contributed by atoms with van der Waals surface area (Å²) in [6, 6.07) is 7.96. The van der Waals surface area contributed by atoms with Gasteiger partial charge in [-0.15, -0.1) is 11.3 Å². The second-order valence-corrected chi connectivity index (χ2v) is 4.94. The summed E-state index contributed by atoms with van der Waals surface area (Å²) in [7, 11) is 0. The molecule has 0 bridgehead atoms. The zero-order valence-electron chi connectivity index (χ0n) is 10.5. The molecule has 19 heavy (non-hydrogen) atoms. The minimum absolute atomic E-state index is 0.0120. The summed E-state index contributed by atoms with van der Waals surface area (Å²) in [5.74, 6) is 0.866. The quantitative estimate of drug-likeness (QED) is 0.795. The number of nitrogens with zero attached hydrogens (tertiary/aromatic N) is 2. The maximum atomic E-state index is 9.35. The summed E-state index contributed by atoms with van der Waals surface area (Å²) >= 11 is 1.57. The topological polar surface area (TPSA) is 46.8 Å². The maximum absolute atomic E-state index is 9.35. The lowest BCUT2D eigenvalue weighted by Gasteiger charge is -2.05. The smallest absolute Gasteiger partial charge is 0.194 e. The highest BCUT2D eigenvalue weighted by Crippen LogP contribution is 2.28. The Morgan fingerprint density at radius 2 is 2.11 bits per heavy atom. The first-order valence-electron chi connectivity index (χ1n) is 6.11. The van der Waals surface area contributed by atoms with E-state index in [9.17, 15) is 5.11 Å². The third-order valence-electron chi connectivity index (χ3n) is 2.94. The third-order valence-corrected chi connectivity index (χ3v) is 3.78. The van der Waals surface area contributed by atoms with Crippen molar-refractivity contribution in [3.05, 3.63) is 41.5 Å². The molecule has 0 radical (unpaired) electrons. The van der Waals surface area contributed by atoms with Crippen molar-refractivity contribution < 1.29 is 9.84 Å². The highest BCUT2D eigenvalue weighted by molar-refractivity contribution is 7.15. The molecular formula is C14H14N2O2S. The van der Waals surface area contributed by atoms with Crippen LogP contribution in [-0.4, -0.2) is 21.1 Å². The van der Waals surface area contributed by atoms with Crippen LogP contribution in [0.5, 0.6) is 5.75 Å². The van der Waals surface area contributed by atoms with E-state index in [1.165, 1.54) is 0 Å². The molecule has 0 saturated carbocycles. The summed E-state index contributed by atoms with van der Waals surface area (Å²) in [6.45, 7) is 2.62. The SMILES string of the molecule is CCOc1ccc(-c2csc3ncc(CO)n23)cc1. The van der Waals surface area contributed by atoms with E-state index in [-0.39, 0.29) is 6.61 Å². The molecule has 0 aliphatic heterocycles. The molecule has 0 aliphatic rings. The Balaban J connectivity index is 2.05. The standard InChI is InChI=1S/C14H14N2O2S/c1-2-18-12-5-3-10(4-6-12)13-9-19-14-15-7-11(8-17)16(13)14/h3-7,9,17H,2,8H2,1H3. The highest BCUT2D eigenvalue weighted by Gasteiger charge is 2.11. The van der Waals surface area contributed by atoms with Gasteiger partial charge in [-0.2, -0.15) is 0 Å². The molecule has 4 nitrogen and oxygen atoms in total. The summed E-state index contributed by atoms with van der Waals surface area (Å²) in [5.41, 5.74) is 2.94. The van der Waals surface area contributed by atoms with Gasteiger partial charge in [-0.05, 0) is 36.8 Å². The highest BCUT2D eigenvalue weighted by atomic mass is 32.1. The molecule has 0 amide bonds. The lowest BCUT2D eigenvalue weighted by atomic mass is 10.1. The predicted molar refractivity (Wildman–Crippen MR) is 75.6 cm³/mol. The number of fused-ring (bicyclic) bond motifs is 1. The van der Waals surface area contributed by atoms with E-state index < -0.39 is 0 Å². The summed E-state index contributed by atoms with van der Waals surface area (Å²) < 4.78 is 7.43. The number of imidazole rings is 1. The van der Waals surface area contributed by atoms with Crippen LogP contribution in [0.15, 0.2) is 35.8 Å². The molecule has 2 heterocycles. The number of ether oxygens (including phenoxy) is 1. The van der Waals surface area contributed by atoms with Crippen molar-refractivity contribution >= 4 is 16.3 Å². The van der Waals surface area contributed by atoms with Gasteiger partial charge in [-0.1, -0.05) is 0 Å². The fourth-order valence-electron chi connectivity index (χ4n) is 2.07. The Labute approximate surface area is 114 Å². The second kappa shape index (κ2) is 5.03. The van der Waals surface area contributed by atoms with Crippen molar-refractivity contribution in [1.82, 2.24) is 9.38 Å². The van der Waals surface area contributed by atoms with E-state index in [2.05, 4.69) is 10.4 Å². The fourth-order valence-corrected chi connectivity index (χ4v) is 2.96. The molecule has 0 atom stereocenters. The van der Waals surface area contributed by atoms with Gasteiger partial charge in [0.15, 0.2) is 4.96 Å². The van der Waals surface area contributed by atoms with Gasteiger partial charge in [0.1, 0.15) is 5.75 Å². The van der Waals surface area contributed by atoms with E-state index in [4.69, 9.17) is 4.74 Å². The molecule has 2 aromatic heterocycles. The van der Waals surface area contributed by atoms with Gasteiger partial charge < -0.3 is 9.84 Å². The number of hydrogen-bond acceptors (Lipinski definition) is 4. The molecule has 1 N–H and O–H groups in total. The molecule has 0 fully saturated rings. The number of aromatic nitrogens is 2. The zero-order valence-corrected chi connectivity index (χ0v) is 11.4. The average molecular weight is 274 g/mol. The van der Waals surface area contributed by atoms with Gasteiger partial charge in [0.05, 0.1) is 30.8 Å². The van der Waals surface area contributed by atoms with Crippen LogP contribution >= 0.6 is 11.3 Å². The van der Waals surface area contributed by atoms with E-state index >= 15 is 0 Å². The van der Waals surface area contributed by atoms with Crippen LogP contribution in [0.4, 0.5) is 0 Å². The second-order valence-electron chi connectivity index (χ2n) is 4.10. The van der Waals surface area contributed by atoms with Crippen LogP contribution in [0, 0.1) is 0 Å². The third kappa shape index (κ3) is 2.11. The van der Waals surface area contributed by atoms with Crippen molar-refractivity contribution in [2.45, 2.75) is 13.5 Å². The van der Waals surface area contributed by atoms with E-state index in [1.807, 2.05) is 35.6 Å². The van der Waals surface area contributed by atoms with Gasteiger partial charge in [-0.25, -0.2) is 4.98 Å². The first kappa shape index (κ1) is 12.2. The van der Waals surface area contributed by atoms with Crippen molar-refractivity contribution in [3.63, 3.8) is 0 Å². The normalized spacial score (nSPS) is 11.1. The van der Waals surface area contributed by atoms with Crippen LogP contribution in [0.1, 0.15) is 12.6 Å². The molecule has 3 rings (SSSR count). The van der Waals surface area contributed by atoms with Crippen LogP contribution < -0.4 is 4.74 Å². The summed E-state index contributed by atoms with van der Waals surface area (Å²) in [4.78, 5) is 5.18. The van der Waals surface area contributed by atoms with Gasteiger partial charge in [0, 0.05) is 5.38 Å². The molecule has 1 aromatic carbocycles. The van der Waals surface area contributed by atoms with Crippen molar-refractivity contribution in [1.29, 1.82) is 0 Å². The number of aliphatic hydroxyl groups is 1. The van der Waals surface area contributed by atoms with Crippen LogP contribution in [0.25, 0.3) is 16.2 Å². The number of rotatable bonds is 4. The zero-order chi connectivity index (χ0) is 13.2. The van der Waals surface area contributed by atoms with Gasteiger partial charge in [-0.3, -0.25) is 4.40 Å². The Hall–Kier alpha value is -1.85. The molecular weight excluding hydrogens is 260 g/mol. The van der Waals surface area contributed by atoms with Crippen molar-refractivity contribution in [2.24, 2.45) is 0 Å². The minimum atomic E-state index is -0.0120. The summed E-state index contributed by atoms with van der Waals surface area (Å²) in [5, 5.41) is 11.4. The Bertz CT molecular complexity index is 685. The number of hydrogen-bond donors (Lipinski definition) is 1. The van der Waals surface area contributed by atoms with E-state index in [0.29, 0.717) is 6.61 Å². The molecule has 0 unspecified atom stereocenters. The molecule has 0 aliphatic carbocycles. The maximum Gasteiger partial charge on any atom is 0.194 e. The predicted octanol–water partition coefficient (Wildman–Crippen LogP) is 2.95. The van der Waals surface area contributed by atoms with Crippen LogP contribution in [0.2, 0.25) is 0 Å². The monoisotopic (exact) mass is 274 g/mol. The lowest BCUT2D eigenvalue weighted by Crippen LogP contribution is -1.94. The van der Waals surface area contributed by atoms with Crippen LogP contribution in [-0.2, 0) is 6.61 Å². The van der Waals surface area contributed by atoms with Gasteiger partial charge >= 0.3 is 0 Å². The minimum Gasteiger partial charge on any atom is -0.494 e. The first-order chi connectivity index (χ1) is 9.33. The lowest BCUT2D eigenvalue weighted by molar-refractivity contribution is 0.276. The molecule has 5 heteroatoms. The first-order valence-corrected chi connectivity index (χ1v) is 6.99. The molecule has 3 aromatic rings. The largest absolute Gasteiger partial charge is 0.494 e. The van der Waals surface area contributed by atoms with Gasteiger partial charge in [0.25, 0.3) is 0 Å². The Morgan fingerprint density at radius 3 is 2.79 bits per heavy atom. The van der Waals surface area contributed by atoms with Crippen molar-refractivity contribution in [2.75, 3.05) is 6.61 Å². The van der Waals surface area contributed by atoms with E-state index in [0.717, 1.165) is 27.7 Å². The Kier molecular flexibility index (Phi) is 3.23. The van der Waals surface area contributed by atoms with Crippen LogP contribution in [0.3, 0.4) is 0 Å². The number of benzene rings is 1. The molecule has 0 spiro atoms. The van der Waals surface area contributed by atoms with Crippen molar-refractivity contribution in [3.8, 4) is 17.0 Å². The fraction of sp³-hybridized carbons (Fsp3) is 0.214. The van der Waals surface area contributed by atoms with Gasteiger partial charge in [0.2, 0.25) is 0 Å². The average Bonchev–Trinajstić information content (AvgIpc) is 3.01. The number of aliphatic hydroxyl groups excluding tert-OH is 1. The summed E-state index contributed by atoms with van der Waals surface area (Å²) in [6.07, 6.45) is 1.71.